The molecule has 0 saturated carbocycles. The SMILES string of the molecule is COc1ccc(F)cc1NCc1cc2ccccc2n1S(=O)(=O)c1ccccc1. The molecule has 5 nitrogen and oxygen atoms in total. The van der Waals surface area contributed by atoms with Crippen molar-refractivity contribution < 1.29 is 17.5 Å². The number of nitrogens with one attached hydrogen (secondary N) is 1. The number of anilines is 1. The Bertz CT molecular complexity index is 1270. The summed E-state index contributed by atoms with van der Waals surface area (Å²) in [4.78, 5) is 0.200. The van der Waals surface area contributed by atoms with Gasteiger partial charge in [-0.25, -0.2) is 16.8 Å². The Hall–Kier alpha value is -3.32. The minimum absolute atomic E-state index is 0.167. The number of halogens is 1. The Kier molecular flexibility index (Phi) is 4.98. The molecule has 4 rings (SSSR count). The summed E-state index contributed by atoms with van der Waals surface area (Å²) >= 11 is 0. The predicted molar refractivity (Wildman–Crippen MR) is 111 cm³/mol. The first-order chi connectivity index (χ1) is 14.0. The lowest BCUT2D eigenvalue weighted by Gasteiger charge is -2.14. The van der Waals surface area contributed by atoms with Gasteiger partial charge in [-0.1, -0.05) is 36.4 Å². The maximum atomic E-state index is 13.7. The summed E-state index contributed by atoms with van der Waals surface area (Å²) in [5.41, 5.74) is 1.56. The summed E-state index contributed by atoms with van der Waals surface area (Å²) in [5.74, 6) is 0.0609. The molecule has 0 atom stereocenters. The lowest BCUT2D eigenvalue weighted by molar-refractivity contribution is 0.415. The molecule has 1 aromatic heterocycles. The molecular formula is C22H19FN2O3S. The third-order valence-corrected chi connectivity index (χ3v) is 6.42. The first kappa shape index (κ1) is 19.0. The first-order valence-corrected chi connectivity index (χ1v) is 10.4. The van der Waals surface area contributed by atoms with Crippen molar-refractivity contribution in [2.45, 2.75) is 11.4 Å². The largest absolute Gasteiger partial charge is 0.495 e. The lowest BCUT2D eigenvalue weighted by Crippen LogP contribution is -2.17. The predicted octanol–water partition coefficient (Wildman–Crippen LogP) is 4.64. The molecule has 3 aromatic carbocycles. The Morgan fingerprint density at radius 1 is 0.966 bits per heavy atom. The van der Waals surface area contributed by atoms with Gasteiger partial charge in [0, 0.05) is 11.5 Å². The van der Waals surface area contributed by atoms with E-state index >= 15 is 0 Å². The number of fused-ring (bicyclic) bond motifs is 1. The van der Waals surface area contributed by atoms with Gasteiger partial charge in [0.1, 0.15) is 11.6 Å². The molecule has 1 heterocycles. The van der Waals surface area contributed by atoms with E-state index in [0.29, 0.717) is 22.6 Å². The molecule has 0 aliphatic heterocycles. The van der Waals surface area contributed by atoms with Crippen LogP contribution in [0.1, 0.15) is 5.69 Å². The van der Waals surface area contributed by atoms with E-state index in [1.807, 2.05) is 18.2 Å². The third kappa shape index (κ3) is 3.56. The molecule has 0 unspecified atom stereocenters. The smallest absolute Gasteiger partial charge is 0.268 e. The maximum Gasteiger partial charge on any atom is 0.268 e. The summed E-state index contributed by atoms with van der Waals surface area (Å²) in [6, 6.07) is 21.5. The standard InChI is InChI=1S/C22H19FN2O3S/c1-28-22-12-11-17(23)14-20(22)24-15-18-13-16-7-5-6-10-21(16)25(18)29(26,27)19-8-3-2-4-9-19/h2-14,24H,15H2,1H3. The molecule has 0 fully saturated rings. The number of methoxy groups -OCH3 is 1. The van der Waals surface area contributed by atoms with Crippen LogP contribution in [0.5, 0.6) is 5.75 Å². The van der Waals surface area contributed by atoms with Gasteiger partial charge in [-0.15, -0.1) is 0 Å². The van der Waals surface area contributed by atoms with Crippen LogP contribution in [0.2, 0.25) is 0 Å². The van der Waals surface area contributed by atoms with E-state index in [1.54, 1.807) is 42.5 Å². The maximum absolute atomic E-state index is 13.7. The molecule has 148 valence electrons. The van der Waals surface area contributed by atoms with Gasteiger partial charge in [0.05, 0.1) is 35.4 Å². The highest BCUT2D eigenvalue weighted by Crippen LogP contribution is 2.29. The molecule has 1 N–H and O–H groups in total. The molecule has 7 heteroatoms. The molecule has 0 aliphatic rings. The van der Waals surface area contributed by atoms with Crippen LogP contribution in [0.4, 0.5) is 10.1 Å². The zero-order valence-electron chi connectivity index (χ0n) is 15.7. The monoisotopic (exact) mass is 410 g/mol. The average Bonchev–Trinajstić information content (AvgIpc) is 3.12. The molecule has 0 bridgehead atoms. The fourth-order valence-corrected chi connectivity index (χ4v) is 4.86. The third-order valence-electron chi connectivity index (χ3n) is 4.64. The molecule has 0 spiro atoms. The van der Waals surface area contributed by atoms with Crippen molar-refractivity contribution in [1.82, 2.24) is 3.97 Å². The number of nitrogens with zero attached hydrogens (tertiary/aromatic N) is 1. The van der Waals surface area contributed by atoms with E-state index in [2.05, 4.69) is 5.32 Å². The van der Waals surface area contributed by atoms with Crippen molar-refractivity contribution in [1.29, 1.82) is 0 Å². The van der Waals surface area contributed by atoms with Gasteiger partial charge in [-0.3, -0.25) is 0 Å². The number of ether oxygens (including phenoxy) is 1. The van der Waals surface area contributed by atoms with Crippen molar-refractivity contribution in [2.24, 2.45) is 0 Å². The normalized spacial score (nSPS) is 11.5. The Morgan fingerprint density at radius 2 is 1.69 bits per heavy atom. The number of hydrogen-bond acceptors (Lipinski definition) is 4. The van der Waals surface area contributed by atoms with Crippen LogP contribution in [0.3, 0.4) is 0 Å². The summed E-state index contributed by atoms with van der Waals surface area (Å²) in [6.45, 7) is 0.167. The van der Waals surface area contributed by atoms with Gasteiger partial charge in [-0.05, 0) is 36.4 Å². The van der Waals surface area contributed by atoms with Crippen LogP contribution in [0.25, 0.3) is 10.9 Å². The van der Waals surface area contributed by atoms with Gasteiger partial charge in [0.25, 0.3) is 10.0 Å². The fraction of sp³-hybridized carbons (Fsp3) is 0.0909. The second kappa shape index (κ2) is 7.60. The number of rotatable bonds is 6. The number of para-hydroxylation sites is 1. The molecule has 29 heavy (non-hydrogen) atoms. The van der Waals surface area contributed by atoms with Gasteiger partial charge in [-0.2, -0.15) is 0 Å². The number of hydrogen-bond donors (Lipinski definition) is 1. The number of aromatic nitrogens is 1. The van der Waals surface area contributed by atoms with Crippen molar-refractivity contribution in [2.75, 3.05) is 12.4 Å². The van der Waals surface area contributed by atoms with E-state index in [9.17, 15) is 12.8 Å². The van der Waals surface area contributed by atoms with E-state index in [-0.39, 0.29) is 11.4 Å². The topological polar surface area (TPSA) is 60.3 Å². The zero-order valence-corrected chi connectivity index (χ0v) is 16.5. The molecule has 0 aliphatic carbocycles. The van der Waals surface area contributed by atoms with E-state index in [1.165, 1.54) is 29.3 Å². The van der Waals surface area contributed by atoms with Crippen LogP contribution in [0, 0.1) is 5.82 Å². The van der Waals surface area contributed by atoms with Crippen molar-refractivity contribution in [3.05, 3.63) is 90.4 Å². The Morgan fingerprint density at radius 3 is 2.45 bits per heavy atom. The van der Waals surface area contributed by atoms with Crippen LogP contribution in [0.15, 0.2) is 83.8 Å². The quantitative estimate of drug-likeness (QED) is 0.503. The van der Waals surface area contributed by atoms with Crippen LogP contribution in [-0.4, -0.2) is 19.5 Å². The lowest BCUT2D eigenvalue weighted by atomic mass is 10.2. The minimum Gasteiger partial charge on any atom is -0.495 e. The second-order valence-electron chi connectivity index (χ2n) is 6.48. The summed E-state index contributed by atoms with van der Waals surface area (Å²) < 4.78 is 47.0. The van der Waals surface area contributed by atoms with Crippen molar-refractivity contribution in [3.63, 3.8) is 0 Å². The second-order valence-corrected chi connectivity index (χ2v) is 8.26. The Balaban J connectivity index is 1.80. The van der Waals surface area contributed by atoms with Crippen molar-refractivity contribution in [3.8, 4) is 5.75 Å². The molecular weight excluding hydrogens is 391 g/mol. The minimum atomic E-state index is -3.81. The molecule has 0 radical (unpaired) electrons. The van der Waals surface area contributed by atoms with Gasteiger partial charge < -0.3 is 10.1 Å². The van der Waals surface area contributed by atoms with E-state index < -0.39 is 15.8 Å². The van der Waals surface area contributed by atoms with Crippen LogP contribution in [-0.2, 0) is 16.6 Å². The number of benzene rings is 3. The highest BCUT2D eigenvalue weighted by atomic mass is 32.2. The summed E-state index contributed by atoms with van der Waals surface area (Å²) in [7, 11) is -2.31. The van der Waals surface area contributed by atoms with Gasteiger partial charge in [0.15, 0.2) is 0 Å². The fourth-order valence-electron chi connectivity index (χ4n) is 3.30. The molecule has 4 aromatic rings. The molecule has 0 amide bonds. The van der Waals surface area contributed by atoms with Crippen LogP contribution < -0.4 is 10.1 Å². The summed E-state index contributed by atoms with van der Waals surface area (Å²) in [6.07, 6.45) is 0. The van der Waals surface area contributed by atoms with Crippen LogP contribution >= 0.6 is 0 Å². The summed E-state index contributed by atoms with van der Waals surface area (Å²) in [5, 5.41) is 3.90. The molecule has 0 saturated heterocycles. The average molecular weight is 410 g/mol. The van der Waals surface area contributed by atoms with Gasteiger partial charge in [0.2, 0.25) is 0 Å². The van der Waals surface area contributed by atoms with Gasteiger partial charge >= 0.3 is 0 Å². The van der Waals surface area contributed by atoms with Crippen molar-refractivity contribution >= 4 is 26.6 Å². The zero-order chi connectivity index (χ0) is 20.4. The Labute approximate surface area is 168 Å². The highest BCUT2D eigenvalue weighted by molar-refractivity contribution is 7.90. The first-order valence-electron chi connectivity index (χ1n) is 8.98. The van der Waals surface area contributed by atoms with E-state index in [4.69, 9.17) is 4.74 Å². The van der Waals surface area contributed by atoms with E-state index in [0.717, 1.165) is 5.39 Å². The highest BCUT2D eigenvalue weighted by Gasteiger charge is 2.22.